The van der Waals surface area contributed by atoms with Crippen LogP contribution in [0.3, 0.4) is 0 Å². The van der Waals surface area contributed by atoms with Crippen molar-refractivity contribution < 1.29 is 24.1 Å². The van der Waals surface area contributed by atoms with Crippen LogP contribution in [-0.2, 0) is 6.42 Å². The quantitative estimate of drug-likeness (QED) is 0.208. The SMILES string of the molecule is CCCCOc1ccc(C2c3c(-c4cc(C)cc(C)c4O)n[nH]c3C(=O)N2CCc2ccc(OC)c(OC)c2)cc1. The van der Waals surface area contributed by atoms with E-state index in [4.69, 9.17) is 14.2 Å². The molecule has 3 aromatic carbocycles. The van der Waals surface area contributed by atoms with Gasteiger partial charge in [0.2, 0.25) is 0 Å². The molecule has 8 nitrogen and oxygen atoms in total. The van der Waals surface area contributed by atoms with Gasteiger partial charge in [0.05, 0.1) is 26.9 Å². The van der Waals surface area contributed by atoms with Gasteiger partial charge in [-0.25, -0.2) is 0 Å². The van der Waals surface area contributed by atoms with E-state index < -0.39 is 6.04 Å². The van der Waals surface area contributed by atoms with Gasteiger partial charge >= 0.3 is 0 Å². The number of aryl methyl sites for hydroxylation is 2. The number of H-pyrrole nitrogens is 1. The average Bonchev–Trinajstić information content (AvgIpc) is 3.52. The predicted molar refractivity (Wildman–Crippen MR) is 158 cm³/mol. The molecular formula is C33H37N3O5. The fourth-order valence-electron chi connectivity index (χ4n) is 5.49. The van der Waals surface area contributed by atoms with Gasteiger partial charge in [0.1, 0.15) is 22.9 Å². The number of aromatic hydroxyl groups is 1. The zero-order chi connectivity index (χ0) is 29.1. The second-order valence-corrected chi connectivity index (χ2v) is 10.5. The van der Waals surface area contributed by atoms with E-state index in [0.717, 1.165) is 46.4 Å². The van der Waals surface area contributed by atoms with E-state index >= 15 is 0 Å². The summed E-state index contributed by atoms with van der Waals surface area (Å²) in [5.41, 5.74) is 6.14. The van der Waals surface area contributed by atoms with Crippen LogP contribution in [0.1, 0.15) is 64.1 Å². The first kappa shape index (κ1) is 28.1. The molecule has 0 bridgehead atoms. The van der Waals surface area contributed by atoms with Crippen molar-refractivity contribution >= 4 is 5.91 Å². The van der Waals surface area contributed by atoms with E-state index in [9.17, 15) is 9.90 Å². The highest BCUT2D eigenvalue weighted by atomic mass is 16.5. The lowest BCUT2D eigenvalue weighted by Gasteiger charge is -2.27. The summed E-state index contributed by atoms with van der Waals surface area (Å²) in [6.07, 6.45) is 2.67. The number of fused-ring (bicyclic) bond motifs is 1. The zero-order valence-electron chi connectivity index (χ0n) is 24.3. The minimum atomic E-state index is -0.392. The number of carbonyl (C=O) groups excluding carboxylic acids is 1. The Balaban J connectivity index is 1.53. The Morgan fingerprint density at radius 3 is 2.46 bits per heavy atom. The number of aromatic amines is 1. The van der Waals surface area contributed by atoms with Crippen LogP contribution < -0.4 is 14.2 Å². The molecule has 0 saturated carbocycles. The molecule has 2 N–H and O–H groups in total. The average molecular weight is 556 g/mol. The number of carbonyl (C=O) groups is 1. The molecule has 1 aliphatic heterocycles. The van der Waals surface area contributed by atoms with Gasteiger partial charge in [-0.3, -0.25) is 9.89 Å². The Morgan fingerprint density at radius 2 is 1.76 bits per heavy atom. The van der Waals surface area contributed by atoms with Gasteiger partial charge in [0.25, 0.3) is 5.91 Å². The standard InChI is InChI=1S/C33H37N3O5/c1-6-7-16-41-24-11-9-23(10-12-24)31-28-29(25-18-20(2)17-21(3)32(25)37)34-35-30(28)33(38)36(31)15-14-22-8-13-26(39-4)27(19-22)40-5/h8-13,17-19,31,37H,6-7,14-16H2,1-5H3,(H,34,35). The van der Waals surface area contributed by atoms with Crippen molar-refractivity contribution in [3.8, 4) is 34.3 Å². The van der Waals surface area contributed by atoms with Gasteiger partial charge in [-0.1, -0.05) is 37.6 Å². The first-order valence-corrected chi connectivity index (χ1v) is 14.0. The summed E-state index contributed by atoms with van der Waals surface area (Å²) in [7, 11) is 3.22. The van der Waals surface area contributed by atoms with E-state index in [1.165, 1.54) is 0 Å². The second-order valence-electron chi connectivity index (χ2n) is 10.5. The molecule has 0 aliphatic carbocycles. The van der Waals surface area contributed by atoms with Crippen LogP contribution in [0.25, 0.3) is 11.3 Å². The molecule has 4 aromatic rings. The highest BCUT2D eigenvalue weighted by Gasteiger charge is 2.42. The Hall–Kier alpha value is -4.46. The number of nitrogens with one attached hydrogen (secondary N) is 1. The maximum atomic E-state index is 13.9. The van der Waals surface area contributed by atoms with Gasteiger partial charge in [0, 0.05) is 17.7 Å². The fourth-order valence-corrected chi connectivity index (χ4v) is 5.49. The lowest BCUT2D eigenvalue weighted by atomic mass is 9.94. The van der Waals surface area contributed by atoms with Crippen LogP contribution >= 0.6 is 0 Å². The smallest absolute Gasteiger partial charge is 0.273 e. The van der Waals surface area contributed by atoms with Gasteiger partial charge in [-0.05, 0) is 79.3 Å². The predicted octanol–water partition coefficient (Wildman–Crippen LogP) is 6.38. The van der Waals surface area contributed by atoms with Crippen molar-refractivity contribution in [2.75, 3.05) is 27.4 Å². The largest absolute Gasteiger partial charge is 0.507 e. The highest BCUT2D eigenvalue weighted by Crippen LogP contribution is 2.45. The monoisotopic (exact) mass is 555 g/mol. The molecule has 2 heterocycles. The number of unbranched alkanes of at least 4 members (excludes halogenated alkanes) is 1. The van der Waals surface area contributed by atoms with Crippen molar-refractivity contribution in [1.29, 1.82) is 0 Å². The number of hydrogen-bond donors (Lipinski definition) is 2. The Bertz CT molecular complexity index is 1540. The highest BCUT2D eigenvalue weighted by molar-refractivity contribution is 6.00. The third-order valence-corrected chi connectivity index (χ3v) is 7.62. The maximum absolute atomic E-state index is 13.9. The summed E-state index contributed by atoms with van der Waals surface area (Å²) in [6.45, 7) is 7.12. The molecule has 41 heavy (non-hydrogen) atoms. The van der Waals surface area contributed by atoms with Crippen LogP contribution in [0.5, 0.6) is 23.0 Å². The summed E-state index contributed by atoms with van der Waals surface area (Å²) < 4.78 is 16.8. The molecule has 0 saturated heterocycles. The molecule has 1 unspecified atom stereocenters. The molecule has 0 radical (unpaired) electrons. The number of hydrogen-bond acceptors (Lipinski definition) is 6. The van der Waals surface area contributed by atoms with Crippen molar-refractivity contribution in [3.05, 3.63) is 88.1 Å². The summed E-state index contributed by atoms with van der Waals surface area (Å²) in [6, 6.07) is 17.2. The van der Waals surface area contributed by atoms with Crippen LogP contribution in [0.2, 0.25) is 0 Å². The lowest BCUT2D eigenvalue weighted by Crippen LogP contribution is -2.31. The van der Waals surface area contributed by atoms with Crippen LogP contribution in [0.15, 0.2) is 54.6 Å². The van der Waals surface area contributed by atoms with Gasteiger partial charge < -0.3 is 24.2 Å². The van der Waals surface area contributed by atoms with Crippen LogP contribution in [0.4, 0.5) is 0 Å². The molecule has 5 rings (SSSR count). The fraction of sp³-hybridized carbons (Fsp3) is 0.333. The summed E-state index contributed by atoms with van der Waals surface area (Å²) in [5, 5.41) is 18.6. The normalized spacial score (nSPS) is 14.3. The number of phenolic OH excluding ortho intramolecular Hbond substituents is 1. The number of phenols is 1. The number of nitrogens with zero attached hydrogens (tertiary/aromatic N) is 2. The van der Waals surface area contributed by atoms with E-state index in [0.29, 0.717) is 48.0 Å². The van der Waals surface area contributed by atoms with Crippen LogP contribution in [-0.4, -0.2) is 53.5 Å². The van der Waals surface area contributed by atoms with E-state index in [1.54, 1.807) is 14.2 Å². The molecular weight excluding hydrogens is 518 g/mol. The van der Waals surface area contributed by atoms with Crippen molar-refractivity contribution in [3.63, 3.8) is 0 Å². The number of methoxy groups -OCH3 is 2. The first-order chi connectivity index (χ1) is 19.9. The number of rotatable bonds is 11. The van der Waals surface area contributed by atoms with Crippen molar-refractivity contribution in [2.24, 2.45) is 0 Å². The van der Waals surface area contributed by atoms with E-state index in [-0.39, 0.29) is 11.7 Å². The van der Waals surface area contributed by atoms with Crippen molar-refractivity contribution in [2.45, 2.75) is 46.1 Å². The summed E-state index contributed by atoms with van der Waals surface area (Å²) >= 11 is 0. The second kappa shape index (κ2) is 12.0. The molecule has 214 valence electrons. The minimum Gasteiger partial charge on any atom is -0.507 e. The maximum Gasteiger partial charge on any atom is 0.273 e. The van der Waals surface area contributed by atoms with Crippen LogP contribution in [0, 0.1) is 13.8 Å². The van der Waals surface area contributed by atoms with E-state index in [1.807, 2.05) is 73.3 Å². The number of aromatic nitrogens is 2. The van der Waals surface area contributed by atoms with Gasteiger partial charge in [-0.2, -0.15) is 5.10 Å². The molecule has 0 fully saturated rings. The molecule has 1 atom stereocenters. The Morgan fingerprint density at radius 1 is 1.00 bits per heavy atom. The first-order valence-electron chi connectivity index (χ1n) is 14.0. The molecule has 8 heteroatoms. The molecule has 1 aliphatic rings. The zero-order valence-corrected chi connectivity index (χ0v) is 24.3. The van der Waals surface area contributed by atoms with E-state index in [2.05, 4.69) is 17.1 Å². The van der Waals surface area contributed by atoms with Crippen molar-refractivity contribution in [1.82, 2.24) is 15.1 Å². The summed E-state index contributed by atoms with van der Waals surface area (Å²) in [5.74, 6) is 2.14. The lowest BCUT2D eigenvalue weighted by molar-refractivity contribution is 0.0746. The third kappa shape index (κ3) is 5.46. The number of amides is 1. The number of benzene rings is 3. The molecule has 0 spiro atoms. The Labute approximate surface area is 240 Å². The minimum absolute atomic E-state index is 0.128. The summed E-state index contributed by atoms with van der Waals surface area (Å²) in [4.78, 5) is 15.7. The Kier molecular flexibility index (Phi) is 8.19. The van der Waals surface area contributed by atoms with Gasteiger partial charge in [-0.15, -0.1) is 0 Å². The topological polar surface area (TPSA) is 96.9 Å². The number of ether oxygens (including phenoxy) is 3. The third-order valence-electron chi connectivity index (χ3n) is 7.62. The molecule has 1 aromatic heterocycles. The van der Waals surface area contributed by atoms with Gasteiger partial charge in [0.15, 0.2) is 11.5 Å². The molecule has 1 amide bonds.